The van der Waals surface area contributed by atoms with E-state index in [2.05, 4.69) is 54.0 Å². The van der Waals surface area contributed by atoms with E-state index in [0.717, 1.165) is 10.9 Å². The van der Waals surface area contributed by atoms with Crippen molar-refractivity contribution in [2.24, 2.45) is 11.1 Å². The number of nitrogens with two attached hydrogens (primary N) is 1. The molecule has 0 saturated heterocycles. The molecule has 2 N–H and O–H groups in total. The van der Waals surface area contributed by atoms with Crippen LogP contribution in [-0.2, 0) is 0 Å². The highest BCUT2D eigenvalue weighted by molar-refractivity contribution is 9.10. The summed E-state index contributed by atoms with van der Waals surface area (Å²) in [4.78, 5) is 1.32. The molecule has 1 aliphatic carbocycles. The highest BCUT2D eigenvalue weighted by Crippen LogP contribution is 2.42. The Bertz CT molecular complexity index is 392. The minimum Gasteiger partial charge on any atom is -0.327 e. The Kier molecular flexibility index (Phi) is 4.22. The van der Waals surface area contributed by atoms with E-state index in [9.17, 15) is 0 Å². The van der Waals surface area contributed by atoms with Gasteiger partial charge in [-0.05, 0) is 42.9 Å². The monoisotopic (exact) mass is 313 g/mol. The average Bonchev–Trinajstić information content (AvgIpc) is 2.23. The summed E-state index contributed by atoms with van der Waals surface area (Å²) in [6.45, 7) is 4.71. The van der Waals surface area contributed by atoms with Gasteiger partial charge in [-0.25, -0.2) is 0 Å². The molecule has 0 amide bonds. The second-order valence-electron chi connectivity index (χ2n) is 5.68. The second-order valence-corrected chi connectivity index (χ2v) is 7.91. The molecule has 1 aliphatic rings. The van der Waals surface area contributed by atoms with E-state index >= 15 is 0 Å². The van der Waals surface area contributed by atoms with Crippen LogP contribution in [0, 0.1) is 5.41 Å². The largest absolute Gasteiger partial charge is 0.327 e. The lowest BCUT2D eigenvalue weighted by atomic mass is 9.75. The fourth-order valence-electron chi connectivity index (χ4n) is 2.39. The summed E-state index contributed by atoms with van der Waals surface area (Å²) in [6, 6.07) is 8.84. The van der Waals surface area contributed by atoms with E-state index < -0.39 is 0 Å². The van der Waals surface area contributed by atoms with Gasteiger partial charge in [0.25, 0.3) is 0 Å². The summed E-state index contributed by atoms with van der Waals surface area (Å²) in [6.07, 6.45) is 3.62. The van der Waals surface area contributed by atoms with Crippen LogP contribution < -0.4 is 5.73 Å². The molecule has 94 valence electrons. The zero-order chi connectivity index (χ0) is 12.5. The van der Waals surface area contributed by atoms with E-state index in [1.165, 1.54) is 17.7 Å². The molecular formula is C14H20BrNS. The maximum absolute atomic E-state index is 6.25. The van der Waals surface area contributed by atoms with Gasteiger partial charge in [0.1, 0.15) is 0 Å². The molecule has 2 unspecified atom stereocenters. The summed E-state index contributed by atoms with van der Waals surface area (Å²) in [7, 11) is 0. The van der Waals surface area contributed by atoms with Gasteiger partial charge >= 0.3 is 0 Å². The second kappa shape index (κ2) is 5.33. The molecular weight excluding hydrogens is 294 g/mol. The number of thioether (sulfide) groups is 1. The third-order valence-electron chi connectivity index (χ3n) is 3.47. The Morgan fingerprint density at radius 3 is 2.88 bits per heavy atom. The molecule has 0 heterocycles. The van der Waals surface area contributed by atoms with E-state index in [1.807, 2.05) is 11.8 Å². The summed E-state index contributed by atoms with van der Waals surface area (Å²) < 4.78 is 1.14. The molecule has 0 spiro atoms. The zero-order valence-electron chi connectivity index (χ0n) is 10.4. The van der Waals surface area contributed by atoms with Crippen molar-refractivity contribution < 1.29 is 0 Å². The van der Waals surface area contributed by atoms with Crippen molar-refractivity contribution in [2.75, 3.05) is 0 Å². The fraction of sp³-hybridized carbons (Fsp3) is 0.571. The van der Waals surface area contributed by atoms with Gasteiger partial charge in [-0.1, -0.05) is 35.8 Å². The van der Waals surface area contributed by atoms with Crippen LogP contribution in [0.1, 0.15) is 33.1 Å². The lowest BCUT2D eigenvalue weighted by Gasteiger charge is -2.38. The van der Waals surface area contributed by atoms with Crippen molar-refractivity contribution in [3.05, 3.63) is 28.7 Å². The molecule has 0 aliphatic heterocycles. The first kappa shape index (κ1) is 13.4. The molecule has 0 radical (unpaired) electrons. The van der Waals surface area contributed by atoms with Crippen LogP contribution >= 0.6 is 27.7 Å². The Morgan fingerprint density at radius 2 is 2.18 bits per heavy atom. The van der Waals surface area contributed by atoms with Gasteiger partial charge in [0, 0.05) is 20.7 Å². The van der Waals surface area contributed by atoms with Gasteiger partial charge in [-0.15, -0.1) is 11.8 Å². The number of rotatable bonds is 2. The molecule has 2 rings (SSSR count). The van der Waals surface area contributed by atoms with Crippen molar-refractivity contribution in [2.45, 2.75) is 49.3 Å². The Morgan fingerprint density at radius 1 is 1.41 bits per heavy atom. The maximum Gasteiger partial charge on any atom is 0.0251 e. The molecule has 3 heteroatoms. The first-order valence-electron chi connectivity index (χ1n) is 6.14. The van der Waals surface area contributed by atoms with Gasteiger partial charge in [0.2, 0.25) is 0 Å². The van der Waals surface area contributed by atoms with Crippen LogP contribution in [0.3, 0.4) is 0 Å². The number of halogens is 1. The predicted molar refractivity (Wildman–Crippen MR) is 79.4 cm³/mol. The van der Waals surface area contributed by atoms with Crippen LogP contribution in [-0.4, -0.2) is 11.3 Å². The third-order valence-corrected chi connectivity index (χ3v) is 5.31. The maximum atomic E-state index is 6.25. The third kappa shape index (κ3) is 3.73. The highest BCUT2D eigenvalue weighted by Gasteiger charge is 2.33. The van der Waals surface area contributed by atoms with Crippen molar-refractivity contribution >= 4 is 27.7 Å². The number of hydrogen-bond donors (Lipinski definition) is 1. The van der Waals surface area contributed by atoms with Gasteiger partial charge in [0.05, 0.1) is 0 Å². The predicted octanol–water partition coefficient (Wildman–Crippen LogP) is 4.45. The summed E-state index contributed by atoms with van der Waals surface area (Å²) >= 11 is 5.45. The SMILES string of the molecule is CC1(C)CCC(N)C(Sc2cccc(Br)c2)C1. The fourth-order valence-corrected chi connectivity index (χ4v) is 4.48. The molecule has 0 bridgehead atoms. The van der Waals surface area contributed by atoms with Crippen LogP contribution in [0.25, 0.3) is 0 Å². The highest BCUT2D eigenvalue weighted by atomic mass is 79.9. The standard InChI is InChI=1S/C14H20BrNS/c1-14(2)7-6-12(16)13(9-14)17-11-5-3-4-10(15)8-11/h3-5,8,12-13H,6-7,9,16H2,1-2H3. The lowest BCUT2D eigenvalue weighted by Crippen LogP contribution is -2.41. The van der Waals surface area contributed by atoms with E-state index in [1.54, 1.807) is 0 Å². The van der Waals surface area contributed by atoms with Crippen LogP contribution in [0.15, 0.2) is 33.6 Å². The summed E-state index contributed by atoms with van der Waals surface area (Å²) in [5.74, 6) is 0. The van der Waals surface area contributed by atoms with Gasteiger partial charge in [0.15, 0.2) is 0 Å². The Labute approximate surface area is 117 Å². The van der Waals surface area contributed by atoms with Crippen molar-refractivity contribution in [3.63, 3.8) is 0 Å². The minimum absolute atomic E-state index is 0.340. The number of hydrogen-bond acceptors (Lipinski definition) is 2. The smallest absolute Gasteiger partial charge is 0.0251 e. The molecule has 1 aromatic carbocycles. The van der Waals surface area contributed by atoms with Gasteiger partial charge < -0.3 is 5.73 Å². The topological polar surface area (TPSA) is 26.0 Å². The molecule has 1 saturated carbocycles. The quantitative estimate of drug-likeness (QED) is 0.873. The summed E-state index contributed by atoms with van der Waals surface area (Å²) in [5.41, 5.74) is 6.70. The van der Waals surface area contributed by atoms with Gasteiger partial charge in [-0.3, -0.25) is 0 Å². The van der Waals surface area contributed by atoms with Gasteiger partial charge in [-0.2, -0.15) is 0 Å². The van der Waals surface area contributed by atoms with E-state index in [0.29, 0.717) is 16.7 Å². The van der Waals surface area contributed by atoms with Crippen molar-refractivity contribution in [1.29, 1.82) is 0 Å². The summed E-state index contributed by atoms with van der Waals surface area (Å²) in [5, 5.41) is 0.549. The molecule has 1 fully saturated rings. The molecule has 0 aromatic heterocycles. The molecule has 1 aromatic rings. The Hall–Kier alpha value is 0.01000. The first-order chi connectivity index (χ1) is 7.96. The van der Waals surface area contributed by atoms with Crippen molar-refractivity contribution in [3.8, 4) is 0 Å². The zero-order valence-corrected chi connectivity index (χ0v) is 12.9. The van der Waals surface area contributed by atoms with Crippen molar-refractivity contribution in [1.82, 2.24) is 0 Å². The number of benzene rings is 1. The molecule has 1 nitrogen and oxygen atoms in total. The first-order valence-corrected chi connectivity index (χ1v) is 7.81. The van der Waals surface area contributed by atoms with Crippen LogP contribution in [0.2, 0.25) is 0 Å². The van der Waals surface area contributed by atoms with E-state index in [-0.39, 0.29) is 0 Å². The molecule has 17 heavy (non-hydrogen) atoms. The minimum atomic E-state index is 0.340. The van der Waals surface area contributed by atoms with E-state index in [4.69, 9.17) is 5.73 Å². The normalized spacial score (nSPS) is 28.0. The van der Waals surface area contributed by atoms with Crippen LogP contribution in [0.5, 0.6) is 0 Å². The molecule has 2 atom stereocenters. The average molecular weight is 314 g/mol. The Balaban J connectivity index is 2.06. The van der Waals surface area contributed by atoms with Crippen LogP contribution in [0.4, 0.5) is 0 Å². The lowest BCUT2D eigenvalue weighted by molar-refractivity contribution is 0.232.